The van der Waals surface area contributed by atoms with Crippen molar-refractivity contribution in [3.8, 4) is 11.1 Å². The van der Waals surface area contributed by atoms with Crippen molar-refractivity contribution in [1.82, 2.24) is 0 Å². The molecule has 1 heterocycles. The molecule has 0 unspecified atom stereocenters. The van der Waals surface area contributed by atoms with Gasteiger partial charge >= 0.3 is 0 Å². The molecular weight excluding hydrogens is 534 g/mol. The van der Waals surface area contributed by atoms with Crippen molar-refractivity contribution in [3.05, 3.63) is 164 Å². The number of rotatable bonds is 4. The first-order chi connectivity index (χ1) is 26.4. The third-order valence-electron chi connectivity index (χ3n) is 8.02. The Morgan fingerprint density at radius 2 is 1.25 bits per heavy atom. The van der Waals surface area contributed by atoms with Gasteiger partial charge in [-0.3, -0.25) is 0 Å². The Hall–Kier alpha value is -5.86. The second-order valence-corrected chi connectivity index (χ2v) is 10.5. The summed E-state index contributed by atoms with van der Waals surface area (Å²) in [6, 6.07) is 23.3. The molecule has 2 nitrogen and oxygen atoms in total. The maximum atomic E-state index is 9.87. The Bertz CT molecular complexity index is 3130. The van der Waals surface area contributed by atoms with Gasteiger partial charge in [-0.05, 0) is 69.0 Å². The summed E-state index contributed by atoms with van der Waals surface area (Å²) in [5.74, 6) is 0. The van der Waals surface area contributed by atoms with E-state index < -0.39 is 54.4 Å². The van der Waals surface area contributed by atoms with Crippen LogP contribution >= 0.6 is 0 Å². The second-order valence-electron chi connectivity index (χ2n) is 10.5. The first-order valence-corrected chi connectivity index (χ1v) is 14.1. The zero-order chi connectivity index (χ0) is 38.6. The van der Waals surface area contributed by atoms with Crippen LogP contribution in [0.1, 0.15) is 15.1 Å². The molecule has 0 aliphatic carbocycles. The predicted molar refractivity (Wildman–Crippen MR) is 186 cm³/mol. The van der Waals surface area contributed by atoms with Gasteiger partial charge in [0.15, 0.2) is 0 Å². The number of hydrogen-bond acceptors (Lipinski definition) is 2. The van der Waals surface area contributed by atoms with Gasteiger partial charge < -0.3 is 9.32 Å². The number of furan rings is 1. The second kappa shape index (κ2) is 9.86. The zero-order valence-corrected chi connectivity index (χ0v) is 23.1. The third-order valence-corrected chi connectivity index (χ3v) is 8.02. The molecule has 206 valence electrons. The van der Waals surface area contributed by atoms with Crippen LogP contribution in [0.2, 0.25) is 0 Å². The van der Waals surface area contributed by atoms with Crippen LogP contribution < -0.4 is 4.90 Å². The van der Waals surface area contributed by atoms with E-state index in [2.05, 4.69) is 0 Å². The predicted octanol–water partition coefficient (Wildman–Crippen LogP) is 12.2. The molecule has 0 saturated carbocycles. The Morgan fingerprint density at radius 1 is 0.500 bits per heavy atom. The van der Waals surface area contributed by atoms with Gasteiger partial charge in [0.2, 0.25) is 0 Å². The van der Waals surface area contributed by atoms with Crippen LogP contribution in [0, 0.1) is 0 Å². The highest BCUT2D eigenvalue weighted by Crippen LogP contribution is 2.46. The summed E-state index contributed by atoms with van der Waals surface area (Å²) in [6.45, 7) is 0. The molecule has 0 saturated heterocycles. The van der Waals surface area contributed by atoms with Crippen LogP contribution in [-0.2, 0) is 0 Å². The number of nitrogens with zero attached hydrogens (tertiary/aromatic N) is 1. The molecule has 0 atom stereocenters. The molecule has 8 aromatic carbocycles. The third kappa shape index (κ3) is 3.82. The summed E-state index contributed by atoms with van der Waals surface area (Å²) in [5, 5.41) is 3.78. The van der Waals surface area contributed by atoms with E-state index in [4.69, 9.17) is 15.4 Å². The summed E-state index contributed by atoms with van der Waals surface area (Å²) in [5.41, 5.74) is 1.12. The normalized spacial score (nSPS) is 15.1. The molecule has 2 heteroatoms. The SMILES string of the molecule is [2H]c1c([2H])c(-c2cccc3ccccc23)c([2H])c(N(c2c([2H])c([2H])c([2H])c3c([2H])c([2H])c([2H])c([2H])c23)c2cccc3oc4c5ccccc5ccc4c23)c1[2H]. The molecular formula is C42H27NO. The maximum Gasteiger partial charge on any atom is 0.143 e. The van der Waals surface area contributed by atoms with Crippen molar-refractivity contribution in [2.45, 2.75) is 0 Å². The minimum absolute atomic E-state index is 0.0361. The van der Waals surface area contributed by atoms with E-state index in [0.717, 1.165) is 16.2 Å². The van der Waals surface area contributed by atoms with Gasteiger partial charge in [0, 0.05) is 21.8 Å². The molecule has 9 rings (SSSR count). The first kappa shape index (κ1) is 16.1. The highest BCUT2D eigenvalue weighted by atomic mass is 16.3. The van der Waals surface area contributed by atoms with Crippen LogP contribution in [0.5, 0.6) is 0 Å². The highest BCUT2D eigenvalue weighted by molar-refractivity contribution is 6.20. The molecule has 1 aromatic heterocycles. The molecule has 44 heavy (non-hydrogen) atoms. The van der Waals surface area contributed by atoms with Crippen molar-refractivity contribution < 1.29 is 19.5 Å². The number of anilines is 3. The molecule has 0 N–H and O–H groups in total. The Kier molecular flexibility index (Phi) is 3.61. The fourth-order valence-corrected chi connectivity index (χ4v) is 6.06. The molecule has 0 aliphatic heterocycles. The van der Waals surface area contributed by atoms with E-state index in [1.165, 1.54) is 4.90 Å². The minimum Gasteiger partial charge on any atom is -0.455 e. The Labute approximate surface area is 270 Å². The lowest BCUT2D eigenvalue weighted by atomic mass is 9.97. The van der Waals surface area contributed by atoms with Crippen LogP contribution in [0.15, 0.2) is 168 Å². The number of benzene rings is 8. The van der Waals surface area contributed by atoms with Gasteiger partial charge in [0.1, 0.15) is 11.2 Å². The van der Waals surface area contributed by atoms with E-state index in [9.17, 15) is 4.11 Å². The average Bonchev–Trinajstić information content (AvgIpc) is 3.59. The van der Waals surface area contributed by atoms with E-state index in [0.29, 0.717) is 32.9 Å². The number of hydrogen-bond donors (Lipinski definition) is 0. The van der Waals surface area contributed by atoms with E-state index in [-0.39, 0.29) is 45.5 Å². The Morgan fingerprint density at radius 3 is 2.18 bits per heavy atom. The Balaban J connectivity index is 1.52. The number of fused-ring (bicyclic) bond motifs is 7. The summed E-state index contributed by atoms with van der Waals surface area (Å²) < 4.78 is 106. The van der Waals surface area contributed by atoms with Gasteiger partial charge in [0.25, 0.3) is 0 Å². The fraction of sp³-hybridized carbons (Fsp3) is 0. The molecule has 0 radical (unpaired) electrons. The van der Waals surface area contributed by atoms with Crippen molar-refractivity contribution in [3.63, 3.8) is 0 Å². The first-order valence-electron chi connectivity index (χ1n) is 19.6. The minimum atomic E-state index is -0.636. The van der Waals surface area contributed by atoms with Crippen molar-refractivity contribution in [2.75, 3.05) is 4.90 Å². The largest absolute Gasteiger partial charge is 0.455 e. The summed E-state index contributed by atoms with van der Waals surface area (Å²) >= 11 is 0. The lowest BCUT2D eigenvalue weighted by Gasteiger charge is -2.28. The van der Waals surface area contributed by atoms with Crippen LogP contribution in [-0.4, -0.2) is 0 Å². The van der Waals surface area contributed by atoms with Crippen LogP contribution in [0.4, 0.5) is 17.1 Å². The topological polar surface area (TPSA) is 16.4 Å². The molecule has 0 amide bonds. The van der Waals surface area contributed by atoms with Crippen LogP contribution in [0.25, 0.3) is 65.4 Å². The molecule has 9 aromatic rings. The smallest absolute Gasteiger partial charge is 0.143 e. The quantitative estimate of drug-likeness (QED) is 0.209. The zero-order valence-electron chi connectivity index (χ0n) is 34.1. The molecule has 0 fully saturated rings. The summed E-state index contributed by atoms with van der Waals surface area (Å²) in [7, 11) is 0. The lowest BCUT2D eigenvalue weighted by Crippen LogP contribution is -2.11. The fourth-order valence-electron chi connectivity index (χ4n) is 6.06. The van der Waals surface area contributed by atoms with E-state index in [1.807, 2.05) is 66.7 Å². The van der Waals surface area contributed by atoms with Gasteiger partial charge in [-0.25, -0.2) is 0 Å². The van der Waals surface area contributed by atoms with Crippen molar-refractivity contribution in [2.24, 2.45) is 0 Å². The van der Waals surface area contributed by atoms with Crippen molar-refractivity contribution in [1.29, 1.82) is 0 Å². The van der Waals surface area contributed by atoms with Crippen molar-refractivity contribution >= 4 is 71.3 Å². The summed E-state index contributed by atoms with van der Waals surface area (Å²) in [6.07, 6.45) is 0. The van der Waals surface area contributed by atoms with Gasteiger partial charge in [-0.2, -0.15) is 0 Å². The standard InChI is InChI=1S/C42H27NO/c1-4-18-33-28(11-1)14-8-21-34(33)31-16-7-17-32(27-31)43(38-22-9-15-29-12-2-5-19-35(29)38)39-23-10-24-40-41(39)37-26-25-30-13-3-6-20-36(30)42(37)44-40/h1-27H/i2D,5D,7D,9D,12D,15D,16D,17D,19D,22D,27D. The lowest BCUT2D eigenvalue weighted by molar-refractivity contribution is 0.672. The van der Waals surface area contributed by atoms with Gasteiger partial charge in [-0.1, -0.05) is 127 Å². The van der Waals surface area contributed by atoms with Gasteiger partial charge in [-0.15, -0.1) is 0 Å². The average molecular weight is 573 g/mol. The van der Waals surface area contributed by atoms with E-state index >= 15 is 0 Å². The molecule has 0 spiro atoms. The maximum absolute atomic E-state index is 9.87. The van der Waals surface area contributed by atoms with Gasteiger partial charge in [0.05, 0.1) is 31.8 Å². The monoisotopic (exact) mass is 572 g/mol. The van der Waals surface area contributed by atoms with E-state index in [1.54, 1.807) is 30.3 Å². The summed E-state index contributed by atoms with van der Waals surface area (Å²) in [4.78, 5) is 1.33. The highest BCUT2D eigenvalue weighted by Gasteiger charge is 2.22. The molecule has 0 aliphatic rings. The van der Waals surface area contributed by atoms with Crippen LogP contribution in [0.3, 0.4) is 0 Å². The molecule has 0 bridgehead atoms.